The molecule has 0 spiro atoms. The number of para-hydroxylation sites is 2. The van der Waals surface area contributed by atoms with Gasteiger partial charge in [-0.15, -0.1) is 0 Å². The summed E-state index contributed by atoms with van der Waals surface area (Å²) >= 11 is 5.96. The zero-order valence-electron chi connectivity index (χ0n) is 9.97. The van der Waals surface area contributed by atoms with Crippen LogP contribution in [0.5, 0.6) is 0 Å². The smallest absolute Gasteiger partial charge is 0.115 e. The lowest BCUT2D eigenvalue weighted by Gasteiger charge is -2.02. The summed E-state index contributed by atoms with van der Waals surface area (Å²) in [5.74, 6) is 0.992. The van der Waals surface area contributed by atoms with Crippen molar-refractivity contribution in [2.24, 2.45) is 7.05 Å². The Labute approximate surface area is 110 Å². The maximum atomic E-state index is 5.96. The number of aromatic nitrogens is 3. The van der Waals surface area contributed by atoms with E-state index in [-0.39, 0.29) is 0 Å². The maximum Gasteiger partial charge on any atom is 0.115 e. The quantitative estimate of drug-likeness (QED) is 0.706. The van der Waals surface area contributed by atoms with E-state index in [1.165, 1.54) is 0 Å². The molecule has 0 saturated carbocycles. The third-order valence-corrected chi connectivity index (χ3v) is 3.23. The number of rotatable bonds is 2. The average Bonchev–Trinajstić information content (AvgIpc) is 2.67. The van der Waals surface area contributed by atoms with Crippen LogP contribution in [0.1, 0.15) is 11.5 Å². The number of aryl methyl sites for hydroxylation is 1. The fourth-order valence-electron chi connectivity index (χ4n) is 2.06. The van der Waals surface area contributed by atoms with E-state index in [4.69, 9.17) is 11.6 Å². The minimum absolute atomic E-state index is 0.686. The first-order valence-electron chi connectivity index (χ1n) is 5.75. The van der Waals surface area contributed by atoms with Gasteiger partial charge in [-0.3, -0.25) is 4.98 Å². The molecule has 18 heavy (non-hydrogen) atoms. The van der Waals surface area contributed by atoms with Gasteiger partial charge < -0.3 is 4.57 Å². The predicted octanol–water partition coefficient (Wildman–Crippen LogP) is 3.21. The van der Waals surface area contributed by atoms with E-state index >= 15 is 0 Å². The topological polar surface area (TPSA) is 30.7 Å². The van der Waals surface area contributed by atoms with Crippen LogP contribution in [0, 0.1) is 0 Å². The molecule has 0 unspecified atom stereocenters. The fourth-order valence-corrected chi connectivity index (χ4v) is 2.24. The van der Waals surface area contributed by atoms with Crippen LogP contribution < -0.4 is 0 Å². The van der Waals surface area contributed by atoms with Crippen molar-refractivity contribution >= 4 is 22.6 Å². The first-order valence-corrected chi connectivity index (χ1v) is 6.12. The molecular formula is C14H12ClN3. The molecule has 0 saturated heterocycles. The highest BCUT2D eigenvalue weighted by molar-refractivity contribution is 6.30. The Morgan fingerprint density at radius 2 is 2.06 bits per heavy atom. The zero-order valence-corrected chi connectivity index (χ0v) is 10.7. The van der Waals surface area contributed by atoms with E-state index in [1.54, 1.807) is 12.3 Å². The SMILES string of the molecule is Cn1c(Cc2cc(Cl)ccn2)nc2ccccc21. The number of fused-ring (bicyclic) bond motifs is 1. The molecule has 0 atom stereocenters. The van der Waals surface area contributed by atoms with Gasteiger partial charge in [0.2, 0.25) is 0 Å². The number of benzene rings is 1. The van der Waals surface area contributed by atoms with Crippen LogP contribution >= 0.6 is 11.6 Å². The normalized spacial score (nSPS) is 11.0. The number of nitrogens with zero attached hydrogens (tertiary/aromatic N) is 3. The highest BCUT2D eigenvalue weighted by atomic mass is 35.5. The van der Waals surface area contributed by atoms with Crippen molar-refractivity contribution < 1.29 is 0 Å². The second kappa shape index (κ2) is 4.42. The molecule has 0 bridgehead atoms. The summed E-state index contributed by atoms with van der Waals surface area (Å²) in [6, 6.07) is 11.8. The lowest BCUT2D eigenvalue weighted by atomic mass is 10.2. The minimum atomic E-state index is 0.686. The molecule has 1 aromatic carbocycles. The molecule has 2 aromatic heterocycles. The number of pyridine rings is 1. The van der Waals surface area contributed by atoms with Gasteiger partial charge in [-0.1, -0.05) is 23.7 Å². The van der Waals surface area contributed by atoms with Gasteiger partial charge >= 0.3 is 0 Å². The molecule has 3 nitrogen and oxygen atoms in total. The van der Waals surface area contributed by atoms with Gasteiger partial charge in [-0.05, 0) is 24.3 Å². The molecule has 0 aliphatic carbocycles. The lowest BCUT2D eigenvalue weighted by molar-refractivity contribution is 0.832. The molecule has 0 fully saturated rings. The summed E-state index contributed by atoms with van der Waals surface area (Å²) in [4.78, 5) is 8.93. The van der Waals surface area contributed by atoms with Crippen molar-refractivity contribution in [2.75, 3.05) is 0 Å². The van der Waals surface area contributed by atoms with Crippen molar-refractivity contribution in [3.63, 3.8) is 0 Å². The molecule has 3 rings (SSSR count). The average molecular weight is 258 g/mol. The first kappa shape index (κ1) is 11.2. The number of hydrogen-bond acceptors (Lipinski definition) is 2. The van der Waals surface area contributed by atoms with E-state index in [1.807, 2.05) is 31.3 Å². The van der Waals surface area contributed by atoms with Crippen molar-refractivity contribution in [1.29, 1.82) is 0 Å². The largest absolute Gasteiger partial charge is 0.331 e. The van der Waals surface area contributed by atoms with Gasteiger partial charge in [-0.2, -0.15) is 0 Å². The number of halogens is 1. The van der Waals surface area contributed by atoms with Gasteiger partial charge in [-0.25, -0.2) is 4.98 Å². The van der Waals surface area contributed by atoms with Crippen molar-refractivity contribution in [3.05, 3.63) is 59.1 Å². The van der Waals surface area contributed by atoms with Gasteiger partial charge in [0.15, 0.2) is 0 Å². The van der Waals surface area contributed by atoms with Gasteiger partial charge in [0.1, 0.15) is 5.82 Å². The van der Waals surface area contributed by atoms with Crippen LogP contribution in [-0.4, -0.2) is 14.5 Å². The van der Waals surface area contributed by atoms with E-state index in [0.29, 0.717) is 11.4 Å². The van der Waals surface area contributed by atoms with Crippen LogP contribution in [0.25, 0.3) is 11.0 Å². The number of hydrogen-bond donors (Lipinski definition) is 0. The van der Waals surface area contributed by atoms with E-state index < -0.39 is 0 Å². The molecule has 2 heterocycles. The van der Waals surface area contributed by atoms with Gasteiger partial charge in [0, 0.05) is 30.4 Å². The van der Waals surface area contributed by atoms with Crippen molar-refractivity contribution in [2.45, 2.75) is 6.42 Å². The molecule has 4 heteroatoms. The van der Waals surface area contributed by atoms with Crippen LogP contribution in [-0.2, 0) is 13.5 Å². The highest BCUT2D eigenvalue weighted by Crippen LogP contribution is 2.17. The Balaban J connectivity index is 2.02. The molecule has 3 aromatic rings. The van der Waals surface area contributed by atoms with Gasteiger partial charge in [0.05, 0.1) is 11.0 Å². The molecule has 0 N–H and O–H groups in total. The van der Waals surface area contributed by atoms with Gasteiger partial charge in [0.25, 0.3) is 0 Å². The van der Waals surface area contributed by atoms with Crippen molar-refractivity contribution in [1.82, 2.24) is 14.5 Å². The molecule has 90 valence electrons. The zero-order chi connectivity index (χ0) is 12.5. The second-order valence-electron chi connectivity index (χ2n) is 4.22. The Hall–Kier alpha value is -1.87. The number of imidazole rings is 1. The third-order valence-electron chi connectivity index (χ3n) is 3.00. The Bertz CT molecular complexity index is 703. The van der Waals surface area contributed by atoms with E-state index in [9.17, 15) is 0 Å². The summed E-state index contributed by atoms with van der Waals surface area (Å²) in [7, 11) is 2.02. The standard InChI is InChI=1S/C14H12ClN3/c1-18-13-5-3-2-4-12(13)17-14(18)9-11-8-10(15)6-7-16-11/h2-8H,9H2,1H3. The van der Waals surface area contributed by atoms with Crippen molar-refractivity contribution in [3.8, 4) is 0 Å². The molecule has 0 amide bonds. The first-order chi connectivity index (χ1) is 8.74. The van der Waals surface area contributed by atoms with E-state index in [2.05, 4.69) is 20.6 Å². The summed E-state index contributed by atoms with van der Waals surface area (Å²) in [5, 5.41) is 0.707. The third kappa shape index (κ3) is 1.97. The summed E-state index contributed by atoms with van der Waals surface area (Å²) < 4.78 is 2.10. The molecule has 0 aliphatic heterocycles. The Morgan fingerprint density at radius 1 is 1.22 bits per heavy atom. The van der Waals surface area contributed by atoms with Crippen LogP contribution in [0.4, 0.5) is 0 Å². The Morgan fingerprint density at radius 3 is 2.83 bits per heavy atom. The summed E-state index contributed by atoms with van der Waals surface area (Å²) in [6.45, 7) is 0. The highest BCUT2D eigenvalue weighted by Gasteiger charge is 2.08. The Kier molecular flexibility index (Phi) is 2.76. The minimum Gasteiger partial charge on any atom is -0.331 e. The molecular weight excluding hydrogens is 246 g/mol. The van der Waals surface area contributed by atoms with E-state index in [0.717, 1.165) is 22.6 Å². The molecule has 0 aliphatic rings. The van der Waals surface area contributed by atoms with Crippen LogP contribution in [0.2, 0.25) is 5.02 Å². The molecule has 0 radical (unpaired) electrons. The maximum absolute atomic E-state index is 5.96. The summed E-state index contributed by atoms with van der Waals surface area (Å²) in [6.07, 6.45) is 2.41. The lowest BCUT2D eigenvalue weighted by Crippen LogP contribution is -2.00. The van der Waals surface area contributed by atoms with Crippen LogP contribution in [0.3, 0.4) is 0 Å². The fraction of sp³-hybridized carbons (Fsp3) is 0.143. The summed E-state index contributed by atoms with van der Waals surface area (Å²) in [5.41, 5.74) is 3.08. The second-order valence-corrected chi connectivity index (χ2v) is 4.65. The predicted molar refractivity (Wildman–Crippen MR) is 72.8 cm³/mol. The monoisotopic (exact) mass is 257 g/mol. The van der Waals surface area contributed by atoms with Crippen LogP contribution in [0.15, 0.2) is 42.6 Å².